The summed E-state index contributed by atoms with van der Waals surface area (Å²) in [6, 6.07) is 8.48. The molecule has 14 heavy (non-hydrogen) atoms. The van der Waals surface area contributed by atoms with E-state index < -0.39 is 0 Å². The predicted octanol–water partition coefficient (Wildman–Crippen LogP) is 2.57. The highest BCUT2D eigenvalue weighted by Crippen LogP contribution is 2.25. The van der Waals surface area contributed by atoms with Crippen molar-refractivity contribution in [2.75, 3.05) is 12.8 Å². The van der Waals surface area contributed by atoms with Crippen LogP contribution in [0, 0.1) is 5.82 Å². The minimum Gasteiger partial charge on any atom is -0.497 e. The van der Waals surface area contributed by atoms with Crippen LogP contribution in [0.15, 0.2) is 30.3 Å². The molecule has 0 aliphatic rings. The molecule has 2 aromatic carbocycles. The number of hydrogen-bond donors (Lipinski definition) is 1. The van der Waals surface area contributed by atoms with E-state index in [9.17, 15) is 4.39 Å². The number of fused-ring (bicyclic) bond motifs is 1. The average molecular weight is 191 g/mol. The van der Waals surface area contributed by atoms with Crippen LogP contribution < -0.4 is 10.5 Å². The number of anilines is 1. The number of methoxy groups -OCH3 is 1. The number of benzene rings is 2. The minimum atomic E-state index is -0.370. The summed E-state index contributed by atoms with van der Waals surface area (Å²) in [5.74, 6) is 0.340. The van der Waals surface area contributed by atoms with Crippen molar-refractivity contribution in [1.29, 1.82) is 0 Å². The molecular formula is C11H10FNO. The first-order chi connectivity index (χ1) is 6.72. The fourth-order valence-electron chi connectivity index (χ4n) is 1.41. The predicted molar refractivity (Wildman–Crippen MR) is 54.9 cm³/mol. The molecule has 0 radical (unpaired) electrons. The van der Waals surface area contributed by atoms with Crippen molar-refractivity contribution >= 4 is 16.5 Å². The normalized spacial score (nSPS) is 10.4. The summed E-state index contributed by atoms with van der Waals surface area (Å²) in [7, 11) is 1.58. The molecule has 0 amide bonds. The van der Waals surface area contributed by atoms with Gasteiger partial charge in [0, 0.05) is 5.39 Å². The molecule has 0 aromatic heterocycles. The topological polar surface area (TPSA) is 35.2 Å². The standard InChI is InChI=1S/C11H10FNO/c1-14-8-3-4-9-7(6-8)2-5-10(13)11(9)12/h2-6H,13H2,1H3. The fraction of sp³-hybridized carbons (Fsp3) is 0.0909. The summed E-state index contributed by atoms with van der Waals surface area (Å²) < 4.78 is 18.5. The zero-order valence-electron chi connectivity index (χ0n) is 7.75. The van der Waals surface area contributed by atoms with Gasteiger partial charge in [0.15, 0.2) is 5.82 Å². The van der Waals surface area contributed by atoms with Gasteiger partial charge in [-0.2, -0.15) is 0 Å². The van der Waals surface area contributed by atoms with E-state index in [0.717, 1.165) is 5.39 Å². The highest BCUT2D eigenvalue weighted by molar-refractivity contribution is 5.87. The molecule has 0 bridgehead atoms. The maximum atomic E-state index is 13.5. The van der Waals surface area contributed by atoms with Crippen LogP contribution in [0.5, 0.6) is 5.75 Å². The third kappa shape index (κ3) is 1.27. The molecule has 2 N–H and O–H groups in total. The average Bonchev–Trinajstić information content (AvgIpc) is 2.23. The van der Waals surface area contributed by atoms with Crippen molar-refractivity contribution in [3.8, 4) is 5.75 Å². The molecule has 2 rings (SSSR count). The van der Waals surface area contributed by atoms with Crippen LogP contribution in [0.25, 0.3) is 10.8 Å². The molecule has 3 heteroatoms. The Labute approximate surface area is 81.1 Å². The quantitative estimate of drug-likeness (QED) is 0.703. The summed E-state index contributed by atoms with van der Waals surface area (Å²) in [6.45, 7) is 0. The Balaban J connectivity index is 2.74. The van der Waals surface area contributed by atoms with Crippen molar-refractivity contribution in [3.63, 3.8) is 0 Å². The molecule has 72 valence electrons. The smallest absolute Gasteiger partial charge is 0.153 e. The van der Waals surface area contributed by atoms with Gasteiger partial charge in [0.1, 0.15) is 5.75 Å². The van der Waals surface area contributed by atoms with E-state index in [-0.39, 0.29) is 11.5 Å². The number of nitrogens with two attached hydrogens (primary N) is 1. The third-order valence-corrected chi connectivity index (χ3v) is 2.19. The van der Waals surface area contributed by atoms with Gasteiger partial charge in [-0.25, -0.2) is 4.39 Å². The Bertz CT molecular complexity index is 482. The van der Waals surface area contributed by atoms with Gasteiger partial charge in [0.25, 0.3) is 0 Å². The van der Waals surface area contributed by atoms with Gasteiger partial charge in [-0.15, -0.1) is 0 Å². The molecule has 0 unspecified atom stereocenters. The van der Waals surface area contributed by atoms with Crippen molar-refractivity contribution in [2.45, 2.75) is 0 Å². The van der Waals surface area contributed by atoms with E-state index in [1.165, 1.54) is 0 Å². The molecule has 0 saturated heterocycles. The molecule has 2 nitrogen and oxygen atoms in total. The lowest BCUT2D eigenvalue weighted by Gasteiger charge is -2.04. The number of rotatable bonds is 1. The largest absolute Gasteiger partial charge is 0.497 e. The van der Waals surface area contributed by atoms with Crippen LogP contribution in [-0.4, -0.2) is 7.11 Å². The van der Waals surface area contributed by atoms with Crippen LogP contribution in [-0.2, 0) is 0 Å². The van der Waals surface area contributed by atoms with Gasteiger partial charge in [0.2, 0.25) is 0 Å². The zero-order valence-corrected chi connectivity index (χ0v) is 7.75. The second-order valence-electron chi connectivity index (χ2n) is 3.06. The summed E-state index contributed by atoms with van der Waals surface area (Å²) in [5.41, 5.74) is 5.62. The van der Waals surface area contributed by atoms with Gasteiger partial charge in [-0.1, -0.05) is 6.07 Å². The van der Waals surface area contributed by atoms with E-state index in [1.54, 1.807) is 37.4 Å². The van der Waals surface area contributed by atoms with Gasteiger partial charge < -0.3 is 10.5 Å². The lowest BCUT2D eigenvalue weighted by Crippen LogP contribution is -1.91. The molecule has 0 fully saturated rings. The Morgan fingerprint density at radius 2 is 2.00 bits per heavy atom. The van der Waals surface area contributed by atoms with E-state index in [0.29, 0.717) is 11.1 Å². The van der Waals surface area contributed by atoms with Crippen LogP contribution >= 0.6 is 0 Å². The van der Waals surface area contributed by atoms with Crippen LogP contribution in [0.1, 0.15) is 0 Å². The summed E-state index contributed by atoms with van der Waals surface area (Å²) >= 11 is 0. The molecule has 0 spiro atoms. The molecule has 0 aliphatic heterocycles. The van der Waals surface area contributed by atoms with Crippen LogP contribution in [0.3, 0.4) is 0 Å². The van der Waals surface area contributed by atoms with Crippen molar-refractivity contribution in [2.24, 2.45) is 0 Å². The highest BCUT2D eigenvalue weighted by Gasteiger charge is 2.04. The van der Waals surface area contributed by atoms with E-state index in [4.69, 9.17) is 10.5 Å². The molecular weight excluding hydrogens is 181 g/mol. The van der Waals surface area contributed by atoms with Gasteiger partial charge >= 0.3 is 0 Å². The number of ether oxygens (including phenoxy) is 1. The van der Waals surface area contributed by atoms with E-state index in [2.05, 4.69) is 0 Å². The summed E-state index contributed by atoms with van der Waals surface area (Å²) in [4.78, 5) is 0. The van der Waals surface area contributed by atoms with Crippen LogP contribution in [0.4, 0.5) is 10.1 Å². The molecule has 2 aromatic rings. The van der Waals surface area contributed by atoms with E-state index >= 15 is 0 Å². The van der Waals surface area contributed by atoms with E-state index in [1.807, 2.05) is 0 Å². The van der Waals surface area contributed by atoms with Crippen LogP contribution in [0.2, 0.25) is 0 Å². The van der Waals surface area contributed by atoms with Crippen molar-refractivity contribution in [3.05, 3.63) is 36.1 Å². The first-order valence-electron chi connectivity index (χ1n) is 4.24. The maximum absolute atomic E-state index is 13.5. The van der Waals surface area contributed by atoms with Gasteiger partial charge in [-0.05, 0) is 29.7 Å². The Morgan fingerprint density at radius 1 is 1.21 bits per heavy atom. The van der Waals surface area contributed by atoms with Gasteiger partial charge in [-0.3, -0.25) is 0 Å². The Hall–Kier alpha value is -1.77. The summed E-state index contributed by atoms with van der Waals surface area (Å²) in [5, 5.41) is 1.31. The zero-order chi connectivity index (χ0) is 10.1. The summed E-state index contributed by atoms with van der Waals surface area (Å²) in [6.07, 6.45) is 0. The molecule has 0 atom stereocenters. The lowest BCUT2D eigenvalue weighted by atomic mass is 10.1. The second kappa shape index (κ2) is 3.18. The first-order valence-corrected chi connectivity index (χ1v) is 4.24. The molecule has 0 saturated carbocycles. The van der Waals surface area contributed by atoms with Gasteiger partial charge in [0.05, 0.1) is 12.8 Å². The SMILES string of the molecule is COc1ccc2c(F)c(N)ccc2c1. The second-order valence-corrected chi connectivity index (χ2v) is 3.06. The van der Waals surface area contributed by atoms with Crippen molar-refractivity contribution in [1.82, 2.24) is 0 Å². The number of hydrogen-bond acceptors (Lipinski definition) is 2. The Morgan fingerprint density at radius 3 is 2.71 bits per heavy atom. The number of nitrogen functional groups attached to an aromatic ring is 1. The first kappa shape index (κ1) is 8.81. The highest BCUT2D eigenvalue weighted by atomic mass is 19.1. The molecule has 0 aliphatic carbocycles. The maximum Gasteiger partial charge on any atom is 0.153 e. The van der Waals surface area contributed by atoms with Crippen molar-refractivity contribution < 1.29 is 9.13 Å². The molecule has 0 heterocycles. The minimum absolute atomic E-state index is 0.169. The Kier molecular flexibility index (Phi) is 2.00. The third-order valence-electron chi connectivity index (χ3n) is 2.19. The fourth-order valence-corrected chi connectivity index (χ4v) is 1.41. The number of halogens is 1. The monoisotopic (exact) mass is 191 g/mol. The lowest BCUT2D eigenvalue weighted by molar-refractivity contribution is 0.415.